The lowest BCUT2D eigenvalue weighted by Crippen LogP contribution is -2.50. The van der Waals surface area contributed by atoms with Crippen molar-refractivity contribution in [2.24, 2.45) is 10.9 Å². The number of nitrogens with two attached hydrogens (primary N) is 1. The summed E-state index contributed by atoms with van der Waals surface area (Å²) in [7, 11) is 0. The van der Waals surface area contributed by atoms with Crippen LogP contribution in [0.2, 0.25) is 0 Å². The second-order valence-electron chi connectivity index (χ2n) is 4.51. The topological polar surface area (TPSA) is 104 Å². The molecule has 1 aromatic rings. The number of hydrogen-bond acceptors (Lipinski definition) is 6. The van der Waals surface area contributed by atoms with Gasteiger partial charge in [-0.05, 0) is 19.1 Å². The molecule has 2 rings (SSSR count). The predicted octanol–water partition coefficient (Wildman–Crippen LogP) is -0.238. The van der Waals surface area contributed by atoms with E-state index in [1.807, 2.05) is 17.9 Å². The summed E-state index contributed by atoms with van der Waals surface area (Å²) in [5.74, 6) is 0.694. The molecule has 0 bridgehead atoms. The van der Waals surface area contributed by atoms with Crippen molar-refractivity contribution in [3.05, 3.63) is 23.9 Å². The summed E-state index contributed by atoms with van der Waals surface area (Å²) in [6.45, 7) is 3.08. The van der Waals surface area contributed by atoms with Crippen LogP contribution >= 0.6 is 0 Å². The molecule has 7 heteroatoms. The monoisotopic (exact) mass is 266 g/mol. The first-order valence-electron chi connectivity index (χ1n) is 6.09. The average Bonchev–Trinajstić information content (AvgIpc) is 2.47. The molecule has 0 aromatic carbocycles. The Morgan fingerprint density at radius 3 is 3.11 bits per heavy atom. The molecule has 2 heterocycles. The maximum Gasteiger partial charge on any atom is 0.188 e. The van der Waals surface area contributed by atoms with E-state index in [2.05, 4.69) is 10.1 Å². The van der Waals surface area contributed by atoms with Crippen LogP contribution in [0.15, 0.2) is 23.4 Å². The first-order valence-corrected chi connectivity index (χ1v) is 6.09. The van der Waals surface area contributed by atoms with Gasteiger partial charge in [-0.1, -0.05) is 11.2 Å². The number of oxime groups is 1. The van der Waals surface area contributed by atoms with Crippen LogP contribution in [0.1, 0.15) is 12.6 Å². The fraction of sp³-hybridized carbons (Fsp3) is 0.500. The van der Waals surface area contributed by atoms with Gasteiger partial charge in [0.25, 0.3) is 0 Å². The highest BCUT2D eigenvalue weighted by Crippen LogP contribution is 2.20. The number of rotatable bonds is 3. The van der Waals surface area contributed by atoms with Crippen molar-refractivity contribution >= 4 is 11.7 Å². The molecule has 0 spiro atoms. The molecule has 0 amide bonds. The minimum absolute atomic E-state index is 0.0247. The van der Waals surface area contributed by atoms with E-state index in [0.29, 0.717) is 18.8 Å². The van der Waals surface area contributed by atoms with Gasteiger partial charge in [-0.15, -0.1) is 0 Å². The number of aliphatic hydroxyl groups excluding tert-OH is 1. The summed E-state index contributed by atoms with van der Waals surface area (Å²) in [5, 5.41) is 20.8. The summed E-state index contributed by atoms with van der Waals surface area (Å²) in [4.78, 5) is 6.40. The number of ether oxygens (including phenoxy) is 1. The summed E-state index contributed by atoms with van der Waals surface area (Å²) in [6, 6.07) is 5.47. The van der Waals surface area contributed by atoms with Gasteiger partial charge in [0, 0.05) is 6.54 Å². The first-order chi connectivity index (χ1) is 9.15. The molecule has 19 heavy (non-hydrogen) atoms. The molecule has 104 valence electrons. The lowest BCUT2D eigenvalue weighted by atomic mass is 10.2. The van der Waals surface area contributed by atoms with E-state index in [9.17, 15) is 5.11 Å². The molecule has 0 saturated carbocycles. The highest BCUT2D eigenvalue weighted by Gasteiger charge is 2.26. The molecule has 2 unspecified atom stereocenters. The third-order valence-electron chi connectivity index (χ3n) is 3.11. The van der Waals surface area contributed by atoms with E-state index in [1.54, 1.807) is 12.1 Å². The van der Waals surface area contributed by atoms with Crippen LogP contribution in [0.5, 0.6) is 0 Å². The van der Waals surface area contributed by atoms with Crippen molar-refractivity contribution in [3.63, 3.8) is 0 Å². The number of pyridine rings is 1. The van der Waals surface area contributed by atoms with Crippen LogP contribution < -0.4 is 10.6 Å². The molecule has 0 aliphatic carbocycles. The van der Waals surface area contributed by atoms with Gasteiger partial charge in [0.1, 0.15) is 11.5 Å². The van der Waals surface area contributed by atoms with Crippen LogP contribution in [0.3, 0.4) is 0 Å². The number of amidine groups is 1. The molecule has 0 radical (unpaired) electrons. The van der Waals surface area contributed by atoms with Crippen molar-refractivity contribution in [1.29, 1.82) is 0 Å². The molecule has 1 saturated heterocycles. The minimum atomic E-state index is -0.217. The average molecular weight is 266 g/mol. The summed E-state index contributed by atoms with van der Waals surface area (Å²) in [5.41, 5.74) is 5.95. The quantitative estimate of drug-likeness (QED) is 0.302. The third-order valence-corrected chi connectivity index (χ3v) is 3.11. The predicted molar refractivity (Wildman–Crippen MR) is 70.4 cm³/mol. The zero-order valence-electron chi connectivity index (χ0n) is 10.7. The number of aliphatic hydroxyl groups is 1. The molecule has 2 atom stereocenters. The Morgan fingerprint density at radius 2 is 2.42 bits per heavy atom. The van der Waals surface area contributed by atoms with E-state index in [1.165, 1.54) is 0 Å². The van der Waals surface area contributed by atoms with Crippen molar-refractivity contribution in [3.8, 4) is 0 Å². The summed E-state index contributed by atoms with van der Waals surface area (Å²) >= 11 is 0. The number of aromatic nitrogens is 1. The summed E-state index contributed by atoms with van der Waals surface area (Å²) in [6.07, 6.45) is -0.217. The second kappa shape index (κ2) is 5.85. The highest BCUT2D eigenvalue weighted by atomic mass is 16.5. The largest absolute Gasteiger partial charge is 0.409 e. The highest BCUT2D eigenvalue weighted by molar-refractivity contribution is 5.95. The van der Waals surface area contributed by atoms with Crippen LogP contribution in [0.4, 0.5) is 5.82 Å². The lowest BCUT2D eigenvalue weighted by molar-refractivity contribution is -0.0105. The Bertz CT molecular complexity index is 466. The normalized spacial score (nSPS) is 24.5. The van der Waals surface area contributed by atoms with Gasteiger partial charge in [-0.3, -0.25) is 0 Å². The van der Waals surface area contributed by atoms with Gasteiger partial charge in [0.2, 0.25) is 0 Å². The van der Waals surface area contributed by atoms with Gasteiger partial charge in [0.05, 0.1) is 25.4 Å². The number of nitrogens with zero attached hydrogens (tertiary/aromatic N) is 3. The van der Waals surface area contributed by atoms with E-state index in [4.69, 9.17) is 15.7 Å². The Kier molecular flexibility index (Phi) is 4.18. The third kappa shape index (κ3) is 2.94. The van der Waals surface area contributed by atoms with Gasteiger partial charge in [-0.25, -0.2) is 4.98 Å². The van der Waals surface area contributed by atoms with Crippen molar-refractivity contribution < 1.29 is 15.1 Å². The fourth-order valence-electron chi connectivity index (χ4n) is 2.02. The molecular weight excluding hydrogens is 248 g/mol. The van der Waals surface area contributed by atoms with Gasteiger partial charge in [-0.2, -0.15) is 0 Å². The Balaban J connectivity index is 2.24. The number of hydrogen-bond donors (Lipinski definition) is 3. The van der Waals surface area contributed by atoms with Crippen LogP contribution in [-0.2, 0) is 4.74 Å². The second-order valence-corrected chi connectivity index (χ2v) is 4.51. The van der Waals surface area contributed by atoms with Crippen molar-refractivity contribution in [2.45, 2.75) is 19.1 Å². The molecule has 1 aliphatic heterocycles. The Morgan fingerprint density at radius 1 is 1.63 bits per heavy atom. The number of morpholine rings is 1. The van der Waals surface area contributed by atoms with E-state index in [-0.39, 0.29) is 24.6 Å². The van der Waals surface area contributed by atoms with Crippen LogP contribution in [-0.4, -0.2) is 53.0 Å². The molecular formula is C12H18N4O3. The van der Waals surface area contributed by atoms with Crippen LogP contribution in [0, 0.1) is 0 Å². The molecule has 1 aromatic heterocycles. The van der Waals surface area contributed by atoms with Gasteiger partial charge >= 0.3 is 0 Å². The first kappa shape index (κ1) is 13.6. The zero-order chi connectivity index (χ0) is 13.8. The standard InChI is InChI=1S/C12H18N4O3/c1-8-7-19-9(6-17)5-16(8)11-4-2-3-10(14-11)12(13)15-18/h2-4,8-9,17-18H,5-7H2,1H3,(H2,13,15). The Hall–Kier alpha value is -1.86. The van der Waals surface area contributed by atoms with E-state index >= 15 is 0 Å². The molecule has 4 N–H and O–H groups in total. The lowest BCUT2D eigenvalue weighted by Gasteiger charge is -2.38. The SMILES string of the molecule is CC1COC(CO)CN1c1cccc(/C(N)=N/O)n1. The molecule has 1 fully saturated rings. The maximum absolute atomic E-state index is 9.18. The van der Waals surface area contributed by atoms with Crippen LogP contribution in [0.25, 0.3) is 0 Å². The van der Waals surface area contributed by atoms with Crippen molar-refractivity contribution in [2.75, 3.05) is 24.7 Å². The maximum atomic E-state index is 9.18. The van der Waals surface area contributed by atoms with Crippen molar-refractivity contribution in [1.82, 2.24) is 4.98 Å². The van der Waals surface area contributed by atoms with Gasteiger partial charge in [0.15, 0.2) is 5.84 Å². The van der Waals surface area contributed by atoms with E-state index in [0.717, 1.165) is 5.82 Å². The smallest absolute Gasteiger partial charge is 0.188 e. The molecule has 1 aliphatic rings. The Labute approximate surface area is 111 Å². The zero-order valence-corrected chi connectivity index (χ0v) is 10.7. The van der Waals surface area contributed by atoms with E-state index < -0.39 is 0 Å². The molecule has 7 nitrogen and oxygen atoms in total. The van der Waals surface area contributed by atoms with Gasteiger partial charge < -0.3 is 25.7 Å². The summed E-state index contributed by atoms with van der Waals surface area (Å²) < 4.78 is 5.48. The fourth-order valence-corrected chi connectivity index (χ4v) is 2.02. The minimum Gasteiger partial charge on any atom is -0.409 e. The number of anilines is 1.